The number of nitrogens with zero attached hydrogens (tertiary/aromatic N) is 2. The van der Waals surface area contributed by atoms with Gasteiger partial charge in [0, 0.05) is 44.1 Å². The first-order valence-corrected chi connectivity index (χ1v) is 10.1. The molecule has 1 aliphatic carbocycles. The van der Waals surface area contributed by atoms with Crippen molar-refractivity contribution in [2.45, 2.75) is 18.1 Å². The average Bonchev–Trinajstić information content (AvgIpc) is 3.47. The molecular weight excluding hydrogens is 352 g/mol. The van der Waals surface area contributed by atoms with Gasteiger partial charge in [-0.15, -0.1) is 0 Å². The zero-order chi connectivity index (χ0) is 19.1. The predicted octanol–water partition coefficient (Wildman–Crippen LogP) is 2.83. The van der Waals surface area contributed by atoms with Crippen molar-refractivity contribution in [3.8, 4) is 5.75 Å². The average molecular weight is 378 g/mol. The summed E-state index contributed by atoms with van der Waals surface area (Å²) in [4.78, 5) is 16.8. The third-order valence-electron chi connectivity index (χ3n) is 6.35. The molecule has 2 heterocycles. The van der Waals surface area contributed by atoms with E-state index in [1.54, 1.807) is 0 Å². The topological polar surface area (TPSA) is 42.0 Å². The molecule has 5 rings (SSSR count). The van der Waals surface area contributed by atoms with Gasteiger partial charge >= 0.3 is 0 Å². The van der Waals surface area contributed by atoms with E-state index in [4.69, 9.17) is 9.47 Å². The molecule has 0 bridgehead atoms. The SMILES string of the molecule is CN1CCN(C(=O)COC2c3ccccc3OC3(c4ccccc4)CC23)CC1. The lowest BCUT2D eigenvalue weighted by Crippen LogP contribution is -2.48. The van der Waals surface area contributed by atoms with Gasteiger partial charge in [-0.2, -0.15) is 0 Å². The number of para-hydroxylation sites is 1. The van der Waals surface area contributed by atoms with E-state index in [-0.39, 0.29) is 30.1 Å². The summed E-state index contributed by atoms with van der Waals surface area (Å²) in [6, 6.07) is 18.5. The minimum atomic E-state index is -0.322. The van der Waals surface area contributed by atoms with E-state index >= 15 is 0 Å². The first-order chi connectivity index (χ1) is 13.7. The van der Waals surface area contributed by atoms with Crippen LogP contribution in [0, 0.1) is 5.92 Å². The van der Waals surface area contributed by atoms with Gasteiger partial charge in [0.25, 0.3) is 0 Å². The minimum Gasteiger partial charge on any atom is -0.482 e. The van der Waals surface area contributed by atoms with Crippen molar-refractivity contribution in [1.82, 2.24) is 9.80 Å². The summed E-state index contributed by atoms with van der Waals surface area (Å²) >= 11 is 0. The normalized spacial score (nSPS) is 28.8. The number of hydrogen-bond donors (Lipinski definition) is 0. The Hall–Kier alpha value is -2.37. The molecular formula is C23H26N2O3. The summed E-state index contributed by atoms with van der Waals surface area (Å²) < 4.78 is 12.7. The van der Waals surface area contributed by atoms with Crippen molar-refractivity contribution >= 4 is 5.91 Å². The summed E-state index contributed by atoms with van der Waals surface area (Å²) in [5.74, 6) is 1.20. The van der Waals surface area contributed by atoms with E-state index in [1.807, 2.05) is 29.2 Å². The molecule has 5 heteroatoms. The van der Waals surface area contributed by atoms with E-state index in [0.717, 1.165) is 43.9 Å². The lowest BCUT2D eigenvalue weighted by Gasteiger charge is -2.34. The Kier molecular flexibility index (Phi) is 4.37. The summed E-state index contributed by atoms with van der Waals surface area (Å²) in [6.07, 6.45) is 0.806. The molecule has 3 unspecified atom stereocenters. The number of ether oxygens (including phenoxy) is 2. The molecule has 1 saturated carbocycles. The number of piperazine rings is 1. The Labute approximate surface area is 165 Å². The maximum absolute atomic E-state index is 12.7. The van der Waals surface area contributed by atoms with Gasteiger partial charge in [0.05, 0.1) is 6.10 Å². The van der Waals surface area contributed by atoms with Gasteiger partial charge < -0.3 is 19.3 Å². The van der Waals surface area contributed by atoms with E-state index in [1.165, 1.54) is 5.56 Å². The van der Waals surface area contributed by atoms with Crippen LogP contribution >= 0.6 is 0 Å². The molecule has 28 heavy (non-hydrogen) atoms. The largest absolute Gasteiger partial charge is 0.482 e. The maximum Gasteiger partial charge on any atom is 0.248 e. The number of fused-ring (bicyclic) bond motifs is 2. The zero-order valence-corrected chi connectivity index (χ0v) is 16.2. The van der Waals surface area contributed by atoms with Crippen LogP contribution in [0.25, 0.3) is 0 Å². The molecule has 1 saturated heterocycles. The highest BCUT2D eigenvalue weighted by Gasteiger charge is 2.65. The minimum absolute atomic E-state index is 0.0861. The fraction of sp³-hybridized carbons (Fsp3) is 0.435. The molecule has 2 aromatic carbocycles. The van der Waals surface area contributed by atoms with Crippen LogP contribution in [-0.2, 0) is 15.1 Å². The van der Waals surface area contributed by atoms with Crippen LogP contribution < -0.4 is 4.74 Å². The zero-order valence-electron chi connectivity index (χ0n) is 16.2. The fourth-order valence-electron chi connectivity index (χ4n) is 4.58. The Bertz CT molecular complexity index is 863. The van der Waals surface area contributed by atoms with Gasteiger partial charge in [0.15, 0.2) is 0 Å². The van der Waals surface area contributed by atoms with Crippen LogP contribution in [0.3, 0.4) is 0 Å². The lowest BCUT2D eigenvalue weighted by molar-refractivity contribution is -0.141. The number of carbonyl (C=O) groups excluding carboxylic acids is 1. The highest BCUT2D eigenvalue weighted by atomic mass is 16.5. The van der Waals surface area contributed by atoms with Crippen molar-refractivity contribution in [3.05, 3.63) is 65.7 Å². The van der Waals surface area contributed by atoms with E-state index in [9.17, 15) is 4.79 Å². The summed E-state index contributed by atoms with van der Waals surface area (Å²) in [6.45, 7) is 3.53. The quantitative estimate of drug-likeness (QED) is 0.821. The van der Waals surface area contributed by atoms with Gasteiger partial charge in [-0.05, 0) is 18.7 Å². The summed E-state index contributed by atoms with van der Waals surface area (Å²) in [7, 11) is 2.09. The van der Waals surface area contributed by atoms with Crippen LogP contribution in [0.1, 0.15) is 23.7 Å². The number of rotatable bonds is 4. The first-order valence-electron chi connectivity index (χ1n) is 10.1. The maximum atomic E-state index is 12.7. The number of amides is 1. The number of likely N-dealkylation sites (N-methyl/N-ethyl adjacent to an activating group) is 1. The number of hydrogen-bond acceptors (Lipinski definition) is 4. The fourth-order valence-corrected chi connectivity index (χ4v) is 4.58. The monoisotopic (exact) mass is 378 g/mol. The second kappa shape index (κ2) is 6.90. The molecule has 5 nitrogen and oxygen atoms in total. The van der Waals surface area contributed by atoms with Crippen LogP contribution in [0.5, 0.6) is 5.75 Å². The van der Waals surface area contributed by atoms with Gasteiger partial charge in [-0.25, -0.2) is 0 Å². The van der Waals surface area contributed by atoms with E-state index < -0.39 is 0 Å². The second-order valence-electron chi connectivity index (χ2n) is 8.12. The molecule has 0 radical (unpaired) electrons. The Morgan fingerprint density at radius 2 is 1.79 bits per heavy atom. The third kappa shape index (κ3) is 2.99. The van der Waals surface area contributed by atoms with Crippen molar-refractivity contribution < 1.29 is 14.3 Å². The first kappa shape index (κ1) is 17.7. The molecule has 3 atom stereocenters. The van der Waals surface area contributed by atoms with Gasteiger partial charge in [-0.3, -0.25) is 4.79 Å². The Balaban J connectivity index is 1.35. The van der Waals surface area contributed by atoms with Crippen LogP contribution in [-0.4, -0.2) is 55.5 Å². The standard InChI is InChI=1S/C23H26N2O3/c1-24-11-13-25(14-12-24)21(26)16-27-22-18-9-5-6-10-20(18)28-23(15-19(22)23)17-7-3-2-4-8-17/h2-10,19,22H,11-16H2,1H3. The molecule has 3 aliphatic rings. The highest BCUT2D eigenvalue weighted by molar-refractivity contribution is 5.77. The highest BCUT2D eigenvalue weighted by Crippen LogP contribution is 2.65. The van der Waals surface area contributed by atoms with Gasteiger partial charge in [0.1, 0.15) is 18.0 Å². The predicted molar refractivity (Wildman–Crippen MR) is 106 cm³/mol. The third-order valence-corrected chi connectivity index (χ3v) is 6.35. The smallest absolute Gasteiger partial charge is 0.248 e. The van der Waals surface area contributed by atoms with E-state index in [2.05, 4.69) is 42.3 Å². The van der Waals surface area contributed by atoms with Crippen LogP contribution in [0.2, 0.25) is 0 Å². The molecule has 1 amide bonds. The van der Waals surface area contributed by atoms with Gasteiger partial charge in [0.2, 0.25) is 5.91 Å². The van der Waals surface area contributed by atoms with Gasteiger partial charge in [-0.1, -0.05) is 48.5 Å². The Morgan fingerprint density at radius 1 is 1.07 bits per heavy atom. The van der Waals surface area contributed by atoms with Crippen molar-refractivity contribution in [3.63, 3.8) is 0 Å². The Morgan fingerprint density at radius 3 is 2.57 bits per heavy atom. The molecule has 146 valence electrons. The van der Waals surface area contributed by atoms with Crippen LogP contribution in [0.4, 0.5) is 0 Å². The molecule has 0 spiro atoms. The van der Waals surface area contributed by atoms with Crippen LogP contribution in [0.15, 0.2) is 54.6 Å². The summed E-state index contributed by atoms with van der Waals surface area (Å²) in [5, 5.41) is 0. The van der Waals surface area contributed by atoms with Crippen molar-refractivity contribution in [1.29, 1.82) is 0 Å². The van der Waals surface area contributed by atoms with Crippen molar-refractivity contribution in [2.75, 3.05) is 39.8 Å². The van der Waals surface area contributed by atoms with Crippen molar-refractivity contribution in [2.24, 2.45) is 5.92 Å². The molecule has 2 aliphatic heterocycles. The molecule has 0 aromatic heterocycles. The molecule has 2 aromatic rings. The van der Waals surface area contributed by atoms with E-state index in [0.29, 0.717) is 0 Å². The second-order valence-corrected chi connectivity index (χ2v) is 8.12. The number of carbonyl (C=O) groups is 1. The number of benzene rings is 2. The molecule has 0 N–H and O–H groups in total. The molecule has 2 fully saturated rings. The lowest BCUT2D eigenvalue weighted by atomic mass is 9.95. The summed E-state index contributed by atoms with van der Waals surface area (Å²) in [5.41, 5.74) is 1.92.